The highest BCUT2D eigenvalue weighted by atomic mass is 79.9. The fourth-order valence-electron chi connectivity index (χ4n) is 1.63. The summed E-state index contributed by atoms with van der Waals surface area (Å²) in [6.45, 7) is 7.95. The van der Waals surface area contributed by atoms with Gasteiger partial charge >= 0.3 is 0 Å². The van der Waals surface area contributed by atoms with E-state index in [1.165, 1.54) is 5.56 Å². The second kappa shape index (κ2) is 8.28. The molecule has 1 rings (SSSR count). The Kier molecular flexibility index (Phi) is 7.04. The van der Waals surface area contributed by atoms with E-state index < -0.39 is 0 Å². The van der Waals surface area contributed by atoms with Crippen LogP contribution in [0.25, 0.3) is 0 Å². The Morgan fingerprint density at radius 2 is 2.05 bits per heavy atom. The van der Waals surface area contributed by atoms with Gasteiger partial charge in [0.15, 0.2) is 0 Å². The van der Waals surface area contributed by atoms with E-state index in [-0.39, 0.29) is 5.54 Å². The van der Waals surface area contributed by atoms with Crippen LogP contribution in [0.5, 0.6) is 5.75 Å². The summed E-state index contributed by atoms with van der Waals surface area (Å²) in [7, 11) is 0. The maximum Gasteiger partial charge on any atom is 0.133 e. The van der Waals surface area contributed by atoms with Gasteiger partial charge in [-0.1, -0.05) is 6.07 Å². The maximum atomic E-state index is 8.46. The fraction of sp³-hybridized carbons (Fsp3) is 0.562. The number of ether oxygens (including phenoxy) is 1. The van der Waals surface area contributed by atoms with E-state index in [0.717, 1.165) is 29.6 Å². The lowest BCUT2D eigenvalue weighted by atomic mass is 10.1. The van der Waals surface area contributed by atoms with Crippen LogP contribution in [0.4, 0.5) is 0 Å². The number of benzene rings is 1. The molecule has 0 heterocycles. The predicted molar refractivity (Wildman–Crippen MR) is 85.7 cm³/mol. The van der Waals surface area contributed by atoms with Gasteiger partial charge in [-0.15, -0.1) is 0 Å². The molecule has 0 aromatic heterocycles. The lowest BCUT2D eigenvalue weighted by Gasteiger charge is -2.20. The molecular formula is C16H23BrN2O. The van der Waals surface area contributed by atoms with Gasteiger partial charge < -0.3 is 10.1 Å². The summed E-state index contributed by atoms with van der Waals surface area (Å²) >= 11 is 3.55. The number of unbranched alkanes of at least 4 members (excludes halogenated alkanes) is 2. The van der Waals surface area contributed by atoms with Crippen molar-refractivity contribution in [2.75, 3.05) is 6.61 Å². The third-order valence-corrected chi connectivity index (χ3v) is 3.38. The van der Waals surface area contributed by atoms with Gasteiger partial charge in [-0.05, 0) is 67.2 Å². The Balaban J connectivity index is 2.45. The van der Waals surface area contributed by atoms with Gasteiger partial charge in [-0.25, -0.2) is 0 Å². The highest BCUT2D eigenvalue weighted by molar-refractivity contribution is 9.10. The Hall–Kier alpha value is -1.05. The summed E-state index contributed by atoms with van der Waals surface area (Å²) in [5.74, 6) is 0.862. The highest BCUT2D eigenvalue weighted by Gasteiger charge is 2.09. The smallest absolute Gasteiger partial charge is 0.133 e. The molecule has 1 N–H and O–H groups in total. The van der Waals surface area contributed by atoms with Crippen molar-refractivity contribution in [2.24, 2.45) is 0 Å². The van der Waals surface area contributed by atoms with Gasteiger partial charge in [0.05, 0.1) is 17.1 Å². The van der Waals surface area contributed by atoms with E-state index in [1.54, 1.807) is 0 Å². The van der Waals surface area contributed by atoms with Gasteiger partial charge in [-0.3, -0.25) is 0 Å². The number of rotatable bonds is 7. The van der Waals surface area contributed by atoms with Crippen LogP contribution in [-0.2, 0) is 6.54 Å². The summed E-state index contributed by atoms with van der Waals surface area (Å²) in [5, 5.41) is 11.9. The number of nitriles is 1. The quantitative estimate of drug-likeness (QED) is 0.749. The molecule has 0 bridgehead atoms. The Morgan fingerprint density at radius 3 is 2.65 bits per heavy atom. The van der Waals surface area contributed by atoms with Gasteiger partial charge in [0, 0.05) is 18.5 Å². The summed E-state index contributed by atoms with van der Waals surface area (Å²) in [4.78, 5) is 0. The molecule has 0 amide bonds. The predicted octanol–water partition coefficient (Wildman–Crippen LogP) is 4.41. The minimum Gasteiger partial charge on any atom is -0.492 e. The molecule has 20 heavy (non-hydrogen) atoms. The molecule has 1 aromatic carbocycles. The molecule has 0 fully saturated rings. The Labute approximate surface area is 130 Å². The minimum absolute atomic E-state index is 0.113. The molecule has 0 saturated heterocycles. The van der Waals surface area contributed by atoms with Gasteiger partial charge in [0.2, 0.25) is 0 Å². The second-order valence-electron chi connectivity index (χ2n) is 5.83. The van der Waals surface area contributed by atoms with E-state index in [0.29, 0.717) is 13.0 Å². The lowest BCUT2D eigenvalue weighted by molar-refractivity contribution is 0.305. The monoisotopic (exact) mass is 338 g/mol. The van der Waals surface area contributed by atoms with Crippen LogP contribution < -0.4 is 10.1 Å². The van der Waals surface area contributed by atoms with Crippen molar-refractivity contribution in [3.63, 3.8) is 0 Å². The first-order valence-corrected chi connectivity index (χ1v) is 7.75. The van der Waals surface area contributed by atoms with Crippen molar-refractivity contribution >= 4 is 15.9 Å². The maximum absolute atomic E-state index is 8.46. The van der Waals surface area contributed by atoms with Crippen LogP contribution in [0, 0.1) is 11.3 Å². The highest BCUT2D eigenvalue weighted by Crippen LogP contribution is 2.26. The van der Waals surface area contributed by atoms with Gasteiger partial charge in [0.25, 0.3) is 0 Å². The first-order chi connectivity index (χ1) is 9.42. The molecule has 0 saturated carbocycles. The number of nitrogens with one attached hydrogen (secondary N) is 1. The lowest BCUT2D eigenvalue weighted by Crippen LogP contribution is -2.35. The average molecular weight is 339 g/mol. The fourth-order valence-corrected chi connectivity index (χ4v) is 2.17. The summed E-state index contributed by atoms with van der Waals surface area (Å²) < 4.78 is 6.68. The van der Waals surface area contributed by atoms with Crippen LogP contribution in [0.15, 0.2) is 22.7 Å². The minimum atomic E-state index is 0.113. The van der Waals surface area contributed by atoms with Crippen molar-refractivity contribution in [1.29, 1.82) is 5.26 Å². The number of hydrogen-bond donors (Lipinski definition) is 1. The average Bonchev–Trinajstić information content (AvgIpc) is 2.37. The van der Waals surface area contributed by atoms with Crippen LogP contribution in [-0.4, -0.2) is 12.1 Å². The summed E-state index contributed by atoms with van der Waals surface area (Å²) in [6.07, 6.45) is 2.40. The number of halogens is 1. The zero-order valence-electron chi connectivity index (χ0n) is 12.5. The van der Waals surface area contributed by atoms with E-state index in [1.807, 2.05) is 6.07 Å². The van der Waals surface area contributed by atoms with Crippen molar-refractivity contribution in [3.8, 4) is 11.8 Å². The zero-order chi connectivity index (χ0) is 15.0. The van der Waals surface area contributed by atoms with Crippen molar-refractivity contribution < 1.29 is 4.74 Å². The SMILES string of the molecule is CC(C)(C)NCc1ccc(OCCCCC#N)c(Br)c1. The molecule has 0 radical (unpaired) electrons. The zero-order valence-corrected chi connectivity index (χ0v) is 14.1. The molecule has 4 heteroatoms. The van der Waals surface area contributed by atoms with Crippen molar-refractivity contribution in [2.45, 2.75) is 52.1 Å². The second-order valence-corrected chi connectivity index (χ2v) is 6.69. The molecule has 110 valence electrons. The molecule has 0 aliphatic carbocycles. The number of nitrogens with zero attached hydrogens (tertiary/aromatic N) is 1. The molecule has 0 aliphatic heterocycles. The topological polar surface area (TPSA) is 45.0 Å². The molecule has 0 spiro atoms. The van der Waals surface area contributed by atoms with Crippen LogP contribution in [0.1, 0.15) is 45.6 Å². The van der Waals surface area contributed by atoms with Crippen molar-refractivity contribution in [1.82, 2.24) is 5.32 Å². The van der Waals surface area contributed by atoms with Crippen LogP contribution in [0.2, 0.25) is 0 Å². The molecular weight excluding hydrogens is 316 g/mol. The molecule has 0 aliphatic rings. The van der Waals surface area contributed by atoms with Crippen LogP contribution >= 0.6 is 15.9 Å². The molecule has 0 atom stereocenters. The largest absolute Gasteiger partial charge is 0.492 e. The molecule has 0 unspecified atom stereocenters. The van der Waals surface area contributed by atoms with Crippen LogP contribution in [0.3, 0.4) is 0 Å². The van der Waals surface area contributed by atoms with Gasteiger partial charge in [0.1, 0.15) is 5.75 Å². The Morgan fingerprint density at radius 1 is 1.30 bits per heavy atom. The van der Waals surface area contributed by atoms with Crippen molar-refractivity contribution in [3.05, 3.63) is 28.2 Å². The summed E-state index contributed by atoms with van der Waals surface area (Å²) in [5.41, 5.74) is 1.34. The van der Waals surface area contributed by atoms with E-state index in [9.17, 15) is 0 Å². The molecule has 3 nitrogen and oxygen atoms in total. The third kappa shape index (κ3) is 6.93. The van der Waals surface area contributed by atoms with E-state index in [2.05, 4.69) is 60.2 Å². The third-order valence-electron chi connectivity index (χ3n) is 2.76. The normalized spacial score (nSPS) is 11.2. The van der Waals surface area contributed by atoms with Gasteiger partial charge in [-0.2, -0.15) is 5.26 Å². The standard InChI is InChI=1S/C16H23BrN2O/c1-16(2,3)19-12-13-7-8-15(14(17)11-13)20-10-6-4-5-9-18/h7-8,11,19H,4-6,10,12H2,1-3H3. The summed E-state index contributed by atoms with van der Waals surface area (Å²) in [6, 6.07) is 8.30. The Bertz CT molecular complexity index is 461. The van der Waals surface area contributed by atoms with E-state index in [4.69, 9.17) is 10.00 Å². The first kappa shape index (κ1) is 17.0. The van der Waals surface area contributed by atoms with E-state index >= 15 is 0 Å². The first-order valence-electron chi connectivity index (χ1n) is 6.95. The number of hydrogen-bond acceptors (Lipinski definition) is 3. The molecule has 1 aromatic rings.